The number of para-hydroxylation sites is 2. The lowest BCUT2D eigenvalue weighted by molar-refractivity contribution is -0.132. The van der Waals surface area contributed by atoms with Crippen molar-refractivity contribution in [2.45, 2.75) is 19.4 Å². The van der Waals surface area contributed by atoms with Gasteiger partial charge in [-0.15, -0.1) is 11.3 Å². The zero-order chi connectivity index (χ0) is 22.4. The first-order chi connectivity index (χ1) is 16.2. The molecule has 0 saturated carbocycles. The number of carbonyl (C=O) groups is 1. The summed E-state index contributed by atoms with van der Waals surface area (Å²) in [6.07, 6.45) is 2.76. The van der Waals surface area contributed by atoms with Crippen LogP contribution in [0.3, 0.4) is 0 Å². The van der Waals surface area contributed by atoms with Crippen molar-refractivity contribution in [3.63, 3.8) is 0 Å². The van der Waals surface area contributed by atoms with E-state index in [2.05, 4.69) is 37.7 Å². The van der Waals surface area contributed by atoms with E-state index in [0.29, 0.717) is 13.1 Å². The Bertz CT molecular complexity index is 1280. The molecule has 3 aromatic heterocycles. The van der Waals surface area contributed by atoms with E-state index in [1.165, 1.54) is 5.56 Å². The van der Waals surface area contributed by atoms with Gasteiger partial charge in [-0.05, 0) is 37.1 Å². The van der Waals surface area contributed by atoms with Crippen molar-refractivity contribution >= 4 is 39.1 Å². The third kappa shape index (κ3) is 3.62. The topological polar surface area (TPSA) is 81.2 Å². The number of amides is 1. The van der Waals surface area contributed by atoms with Crippen LogP contribution in [0.15, 0.2) is 48.1 Å². The van der Waals surface area contributed by atoms with E-state index in [4.69, 9.17) is 4.98 Å². The van der Waals surface area contributed by atoms with E-state index in [0.717, 1.165) is 59.4 Å². The molecule has 33 heavy (non-hydrogen) atoms. The lowest BCUT2D eigenvalue weighted by Crippen LogP contribution is -2.56. The molecule has 2 aliphatic rings. The average Bonchev–Trinajstić information content (AvgIpc) is 3.57. The van der Waals surface area contributed by atoms with Crippen molar-refractivity contribution in [3.8, 4) is 11.5 Å². The second-order valence-electron chi connectivity index (χ2n) is 8.65. The largest absolute Gasteiger partial charge is 0.358 e. The second kappa shape index (κ2) is 8.15. The molecule has 6 rings (SSSR count). The van der Waals surface area contributed by atoms with E-state index in [1.807, 2.05) is 40.7 Å². The number of benzene rings is 1. The monoisotopic (exact) mass is 459 g/mol. The summed E-state index contributed by atoms with van der Waals surface area (Å²) in [6.45, 7) is 5.62. The number of hydrogen-bond donors (Lipinski definition) is 1. The third-order valence-corrected chi connectivity index (χ3v) is 7.43. The molecular weight excluding hydrogens is 434 g/mol. The quantitative estimate of drug-likeness (QED) is 0.505. The van der Waals surface area contributed by atoms with Gasteiger partial charge in [-0.2, -0.15) is 0 Å². The minimum absolute atomic E-state index is 0.114. The number of anilines is 2. The molecule has 8 nitrogen and oxygen atoms in total. The summed E-state index contributed by atoms with van der Waals surface area (Å²) in [7, 11) is 0. The summed E-state index contributed by atoms with van der Waals surface area (Å²) in [5.74, 6) is 1.92. The van der Waals surface area contributed by atoms with Gasteiger partial charge < -0.3 is 19.7 Å². The highest BCUT2D eigenvalue weighted by Crippen LogP contribution is 2.34. The molecule has 1 N–H and O–H groups in total. The molecule has 5 heterocycles. The van der Waals surface area contributed by atoms with Crippen LogP contribution in [0.1, 0.15) is 12.5 Å². The van der Waals surface area contributed by atoms with Crippen LogP contribution in [0, 0.1) is 0 Å². The maximum atomic E-state index is 13.2. The summed E-state index contributed by atoms with van der Waals surface area (Å²) in [6, 6.07) is 12.2. The lowest BCUT2D eigenvalue weighted by atomic mass is 10.2. The van der Waals surface area contributed by atoms with Gasteiger partial charge in [0.1, 0.15) is 16.5 Å². The Morgan fingerprint density at radius 2 is 2.06 bits per heavy atom. The van der Waals surface area contributed by atoms with Crippen molar-refractivity contribution in [2.24, 2.45) is 0 Å². The van der Waals surface area contributed by atoms with E-state index >= 15 is 0 Å². The minimum atomic E-state index is 0.114. The number of aromatic nitrogens is 4. The molecule has 1 fully saturated rings. The van der Waals surface area contributed by atoms with Crippen molar-refractivity contribution < 1.29 is 4.79 Å². The van der Waals surface area contributed by atoms with Gasteiger partial charge in [0, 0.05) is 38.4 Å². The van der Waals surface area contributed by atoms with Crippen LogP contribution < -0.4 is 9.80 Å². The van der Waals surface area contributed by atoms with Crippen LogP contribution in [0.2, 0.25) is 0 Å². The highest BCUT2D eigenvalue weighted by molar-refractivity contribution is 7.14. The van der Waals surface area contributed by atoms with Crippen LogP contribution >= 0.6 is 11.3 Å². The van der Waals surface area contributed by atoms with Gasteiger partial charge in [0.2, 0.25) is 5.91 Å². The number of rotatable bonds is 4. The normalized spacial score (nSPS) is 18.2. The molecule has 1 atom stereocenters. The zero-order valence-electron chi connectivity index (χ0n) is 18.4. The smallest absolute Gasteiger partial charge is 0.242 e. The van der Waals surface area contributed by atoms with Gasteiger partial charge in [-0.25, -0.2) is 15.0 Å². The standard InChI is InChI=1S/C24H25N7OS/c1-16-13-30(24-21(26-15-33-24)22-27-18-6-2-3-7-19(18)28-22)11-12-31(16)20(32)14-29-10-8-17-5-4-9-25-23(17)29/h2-7,9,15-16H,8,10-14H2,1H3,(H,27,28). The van der Waals surface area contributed by atoms with Gasteiger partial charge in [-0.3, -0.25) is 4.79 Å². The fourth-order valence-electron chi connectivity index (χ4n) is 4.88. The number of nitrogens with zero attached hydrogens (tertiary/aromatic N) is 6. The highest BCUT2D eigenvalue weighted by Gasteiger charge is 2.32. The minimum Gasteiger partial charge on any atom is -0.358 e. The number of fused-ring (bicyclic) bond motifs is 2. The zero-order valence-corrected chi connectivity index (χ0v) is 19.3. The fourth-order valence-corrected chi connectivity index (χ4v) is 5.72. The maximum absolute atomic E-state index is 13.2. The van der Waals surface area contributed by atoms with Crippen molar-refractivity contribution in [1.29, 1.82) is 0 Å². The second-order valence-corrected chi connectivity index (χ2v) is 9.48. The van der Waals surface area contributed by atoms with Crippen molar-refractivity contribution in [2.75, 3.05) is 42.5 Å². The first kappa shape index (κ1) is 20.2. The summed E-state index contributed by atoms with van der Waals surface area (Å²) in [4.78, 5) is 36.9. The van der Waals surface area contributed by atoms with Crippen molar-refractivity contribution in [3.05, 3.63) is 53.7 Å². The van der Waals surface area contributed by atoms with Crippen LogP contribution in [0.4, 0.5) is 10.8 Å². The average molecular weight is 460 g/mol. The Kier molecular flexibility index (Phi) is 4.98. The molecule has 9 heteroatoms. The number of carbonyl (C=O) groups excluding carboxylic acids is 1. The highest BCUT2D eigenvalue weighted by atomic mass is 32.1. The van der Waals surface area contributed by atoms with E-state index in [9.17, 15) is 4.79 Å². The summed E-state index contributed by atoms with van der Waals surface area (Å²) in [5, 5.41) is 1.10. The molecular formula is C24H25N7OS. The Morgan fingerprint density at radius 3 is 2.94 bits per heavy atom. The molecule has 0 bridgehead atoms. The molecule has 4 aromatic rings. The lowest BCUT2D eigenvalue weighted by Gasteiger charge is -2.41. The van der Waals surface area contributed by atoms with Gasteiger partial charge in [0.05, 0.1) is 23.1 Å². The number of nitrogens with one attached hydrogen (secondary N) is 1. The SMILES string of the molecule is CC1CN(c2scnc2-c2nc3ccccc3[nH]2)CCN1C(=O)CN1CCc2cccnc21. The molecule has 0 radical (unpaired) electrons. The summed E-state index contributed by atoms with van der Waals surface area (Å²) < 4.78 is 0. The molecule has 1 amide bonds. The first-order valence-corrected chi connectivity index (χ1v) is 12.2. The number of thiazole rings is 1. The summed E-state index contributed by atoms with van der Waals surface area (Å²) in [5.41, 5.74) is 5.92. The predicted octanol–water partition coefficient (Wildman–Crippen LogP) is 3.18. The Hall–Kier alpha value is -3.46. The number of hydrogen-bond acceptors (Lipinski definition) is 7. The van der Waals surface area contributed by atoms with Gasteiger partial charge in [-0.1, -0.05) is 18.2 Å². The number of pyridine rings is 1. The van der Waals surface area contributed by atoms with Crippen molar-refractivity contribution in [1.82, 2.24) is 24.8 Å². The number of aromatic amines is 1. The Morgan fingerprint density at radius 1 is 1.15 bits per heavy atom. The van der Waals surface area contributed by atoms with Crippen LogP contribution in [0.25, 0.3) is 22.6 Å². The first-order valence-electron chi connectivity index (χ1n) is 11.3. The predicted molar refractivity (Wildman–Crippen MR) is 131 cm³/mol. The summed E-state index contributed by atoms with van der Waals surface area (Å²) >= 11 is 1.63. The number of imidazole rings is 1. The van der Waals surface area contributed by atoms with Gasteiger partial charge >= 0.3 is 0 Å². The van der Waals surface area contributed by atoms with Crippen LogP contribution in [-0.2, 0) is 11.2 Å². The molecule has 0 spiro atoms. The Labute approximate surface area is 195 Å². The van der Waals surface area contributed by atoms with E-state index in [-0.39, 0.29) is 11.9 Å². The van der Waals surface area contributed by atoms with Crippen LogP contribution in [-0.4, -0.2) is 69.5 Å². The third-order valence-electron chi connectivity index (χ3n) is 6.54. The van der Waals surface area contributed by atoms with E-state index in [1.54, 1.807) is 17.5 Å². The van der Waals surface area contributed by atoms with Gasteiger partial charge in [0.25, 0.3) is 0 Å². The number of H-pyrrole nitrogens is 1. The van der Waals surface area contributed by atoms with Gasteiger partial charge in [0.15, 0.2) is 5.82 Å². The fraction of sp³-hybridized carbons (Fsp3) is 0.333. The molecule has 1 saturated heterocycles. The maximum Gasteiger partial charge on any atom is 0.242 e. The molecule has 1 unspecified atom stereocenters. The number of piperazine rings is 1. The molecule has 168 valence electrons. The Balaban J connectivity index is 1.16. The van der Waals surface area contributed by atoms with E-state index < -0.39 is 0 Å². The molecule has 0 aliphatic carbocycles. The van der Waals surface area contributed by atoms with Crippen LogP contribution in [0.5, 0.6) is 0 Å². The molecule has 2 aliphatic heterocycles. The molecule has 1 aromatic carbocycles.